The first-order chi connectivity index (χ1) is 12.3. The molecule has 1 saturated carbocycles. The van der Waals surface area contributed by atoms with E-state index in [1.165, 1.54) is 0 Å². The predicted molar refractivity (Wildman–Crippen MR) is 102 cm³/mol. The first-order valence-corrected chi connectivity index (χ1v) is 9.01. The maximum atomic E-state index is 13.3. The van der Waals surface area contributed by atoms with Gasteiger partial charge in [0, 0.05) is 11.6 Å². The lowest BCUT2D eigenvalue weighted by Gasteiger charge is -2.25. The van der Waals surface area contributed by atoms with E-state index >= 15 is 0 Å². The van der Waals surface area contributed by atoms with Crippen LogP contribution in [0.25, 0.3) is 0 Å². The molecular formula is C22H25NO3. The lowest BCUT2D eigenvalue weighted by molar-refractivity contribution is -0.120. The number of hydrogen-bond donors (Lipinski definition) is 1. The fourth-order valence-corrected chi connectivity index (χ4v) is 3.47. The highest BCUT2D eigenvalue weighted by Crippen LogP contribution is 2.58. The Morgan fingerprint density at radius 3 is 2.42 bits per heavy atom. The largest absolute Gasteiger partial charge is 0.478 e. The summed E-state index contributed by atoms with van der Waals surface area (Å²) in [5, 5.41) is 9.22. The Bertz CT molecular complexity index is 815. The molecule has 136 valence electrons. The van der Waals surface area contributed by atoms with E-state index in [0.29, 0.717) is 12.5 Å². The van der Waals surface area contributed by atoms with E-state index in [2.05, 4.69) is 20.8 Å². The van der Waals surface area contributed by atoms with Gasteiger partial charge in [-0.05, 0) is 47.6 Å². The molecule has 4 nitrogen and oxygen atoms in total. The van der Waals surface area contributed by atoms with Gasteiger partial charge < -0.3 is 10.0 Å². The summed E-state index contributed by atoms with van der Waals surface area (Å²) < 4.78 is 0. The topological polar surface area (TPSA) is 57.6 Å². The van der Waals surface area contributed by atoms with Crippen LogP contribution in [0.5, 0.6) is 0 Å². The minimum atomic E-state index is -0.959. The third-order valence-electron chi connectivity index (χ3n) is 5.75. The monoisotopic (exact) mass is 351 g/mol. The van der Waals surface area contributed by atoms with Crippen molar-refractivity contribution in [3.63, 3.8) is 0 Å². The highest BCUT2D eigenvalue weighted by molar-refractivity contribution is 5.97. The predicted octanol–water partition coefficient (Wildman–Crippen LogP) is 4.60. The Morgan fingerprint density at radius 1 is 1.15 bits per heavy atom. The minimum absolute atomic E-state index is 0.0189. The van der Waals surface area contributed by atoms with Crippen molar-refractivity contribution in [3.8, 4) is 0 Å². The molecule has 2 atom stereocenters. The van der Waals surface area contributed by atoms with Crippen LogP contribution in [0.15, 0.2) is 54.6 Å². The lowest BCUT2D eigenvalue weighted by Crippen LogP contribution is -2.33. The van der Waals surface area contributed by atoms with Crippen LogP contribution in [-0.2, 0) is 11.3 Å². The van der Waals surface area contributed by atoms with E-state index in [1.807, 2.05) is 36.4 Å². The number of carboxylic acids is 1. The molecule has 2 aromatic rings. The van der Waals surface area contributed by atoms with Crippen LogP contribution in [0.4, 0.5) is 5.69 Å². The Hall–Kier alpha value is -2.62. The van der Waals surface area contributed by atoms with Crippen LogP contribution in [0.2, 0.25) is 0 Å². The molecule has 1 N–H and O–H groups in total. The van der Waals surface area contributed by atoms with Gasteiger partial charge in [0.2, 0.25) is 5.91 Å². The second-order valence-corrected chi connectivity index (χ2v) is 7.68. The van der Waals surface area contributed by atoms with Crippen molar-refractivity contribution in [2.45, 2.75) is 33.7 Å². The standard InChI is InChI=1S/C22H25NO3/c1-15(2)22(3)13-19(22)20(24)23(18-10-5-4-6-11-18)14-16-8-7-9-17(12-16)21(25)26/h4-12,15,19H,13-14H2,1-3H3,(H,25,26)/t19?,22-/m1/s1. The van der Waals surface area contributed by atoms with E-state index in [4.69, 9.17) is 0 Å². The van der Waals surface area contributed by atoms with Gasteiger partial charge in [0.05, 0.1) is 12.1 Å². The average molecular weight is 351 g/mol. The molecule has 26 heavy (non-hydrogen) atoms. The van der Waals surface area contributed by atoms with Gasteiger partial charge >= 0.3 is 5.97 Å². The Morgan fingerprint density at radius 2 is 1.85 bits per heavy atom. The molecule has 0 aromatic heterocycles. The molecule has 0 spiro atoms. The SMILES string of the molecule is CC(C)[C@@]1(C)CC1C(=O)N(Cc1cccc(C(=O)O)c1)c1ccccc1. The molecular weight excluding hydrogens is 326 g/mol. The van der Waals surface area contributed by atoms with E-state index in [0.717, 1.165) is 17.7 Å². The number of hydrogen-bond acceptors (Lipinski definition) is 2. The lowest BCUT2D eigenvalue weighted by atomic mass is 9.91. The Balaban J connectivity index is 1.89. The number of para-hydroxylation sites is 1. The zero-order valence-corrected chi connectivity index (χ0v) is 15.5. The quantitative estimate of drug-likeness (QED) is 0.827. The van der Waals surface area contributed by atoms with Crippen molar-refractivity contribution in [1.29, 1.82) is 0 Å². The van der Waals surface area contributed by atoms with Gasteiger partial charge in [0.1, 0.15) is 0 Å². The molecule has 1 amide bonds. The van der Waals surface area contributed by atoms with Crippen LogP contribution < -0.4 is 4.90 Å². The number of rotatable bonds is 6. The number of amides is 1. The van der Waals surface area contributed by atoms with Crippen LogP contribution in [-0.4, -0.2) is 17.0 Å². The van der Waals surface area contributed by atoms with Gasteiger partial charge in [0.25, 0.3) is 0 Å². The minimum Gasteiger partial charge on any atom is -0.478 e. The molecule has 1 aliphatic rings. The van der Waals surface area contributed by atoms with Crippen molar-refractivity contribution in [2.24, 2.45) is 17.3 Å². The number of benzene rings is 2. The molecule has 0 radical (unpaired) electrons. The van der Waals surface area contributed by atoms with Crippen molar-refractivity contribution < 1.29 is 14.7 Å². The van der Waals surface area contributed by atoms with Crippen LogP contribution >= 0.6 is 0 Å². The molecule has 0 aliphatic heterocycles. The fraction of sp³-hybridized carbons (Fsp3) is 0.364. The first-order valence-electron chi connectivity index (χ1n) is 9.01. The summed E-state index contributed by atoms with van der Waals surface area (Å²) in [7, 11) is 0. The fourth-order valence-electron chi connectivity index (χ4n) is 3.47. The van der Waals surface area contributed by atoms with Gasteiger partial charge in [-0.3, -0.25) is 4.79 Å². The second-order valence-electron chi connectivity index (χ2n) is 7.68. The van der Waals surface area contributed by atoms with E-state index in [1.54, 1.807) is 23.1 Å². The summed E-state index contributed by atoms with van der Waals surface area (Å²) in [4.78, 5) is 26.3. The smallest absolute Gasteiger partial charge is 0.335 e. The average Bonchev–Trinajstić information content (AvgIpc) is 3.33. The highest BCUT2D eigenvalue weighted by atomic mass is 16.4. The molecule has 4 heteroatoms. The third-order valence-corrected chi connectivity index (χ3v) is 5.75. The summed E-state index contributed by atoms with van der Waals surface area (Å²) in [5.74, 6) is -0.373. The van der Waals surface area contributed by atoms with Gasteiger partial charge in [0.15, 0.2) is 0 Å². The molecule has 1 unspecified atom stereocenters. The van der Waals surface area contributed by atoms with Gasteiger partial charge in [-0.2, -0.15) is 0 Å². The molecule has 0 heterocycles. The van der Waals surface area contributed by atoms with Crippen LogP contribution in [0.1, 0.15) is 43.1 Å². The van der Waals surface area contributed by atoms with E-state index in [-0.39, 0.29) is 22.8 Å². The molecule has 2 aromatic carbocycles. The van der Waals surface area contributed by atoms with E-state index in [9.17, 15) is 14.7 Å². The molecule has 1 fully saturated rings. The first kappa shape index (κ1) is 18.2. The highest BCUT2D eigenvalue weighted by Gasteiger charge is 2.57. The molecule has 0 bridgehead atoms. The normalized spacial score (nSPS) is 21.5. The van der Waals surface area contributed by atoms with E-state index < -0.39 is 5.97 Å². The Kier molecular flexibility index (Phi) is 4.86. The third kappa shape index (κ3) is 3.50. The van der Waals surface area contributed by atoms with Gasteiger partial charge in [-0.25, -0.2) is 4.79 Å². The summed E-state index contributed by atoms with van der Waals surface area (Å²) in [6.45, 7) is 6.87. The number of aromatic carboxylic acids is 1. The maximum absolute atomic E-state index is 13.3. The zero-order chi connectivity index (χ0) is 18.9. The Labute approximate surface area is 154 Å². The van der Waals surface area contributed by atoms with Crippen molar-refractivity contribution in [3.05, 3.63) is 65.7 Å². The maximum Gasteiger partial charge on any atom is 0.335 e. The number of carbonyl (C=O) groups is 2. The number of nitrogens with zero attached hydrogens (tertiary/aromatic N) is 1. The molecule has 3 rings (SSSR count). The summed E-state index contributed by atoms with van der Waals surface area (Å²) >= 11 is 0. The number of carboxylic acid groups (broad SMARTS) is 1. The molecule has 0 saturated heterocycles. The van der Waals surface area contributed by atoms with Crippen LogP contribution in [0.3, 0.4) is 0 Å². The van der Waals surface area contributed by atoms with Gasteiger partial charge in [-0.15, -0.1) is 0 Å². The van der Waals surface area contributed by atoms with Crippen molar-refractivity contribution in [1.82, 2.24) is 0 Å². The van der Waals surface area contributed by atoms with Gasteiger partial charge in [-0.1, -0.05) is 51.1 Å². The number of carbonyl (C=O) groups excluding carboxylic acids is 1. The summed E-state index contributed by atoms with van der Waals surface area (Å²) in [6.07, 6.45) is 0.905. The summed E-state index contributed by atoms with van der Waals surface area (Å²) in [5.41, 5.74) is 1.94. The number of anilines is 1. The second kappa shape index (κ2) is 6.94. The van der Waals surface area contributed by atoms with Crippen molar-refractivity contribution in [2.75, 3.05) is 4.90 Å². The molecule has 1 aliphatic carbocycles. The summed E-state index contributed by atoms with van der Waals surface area (Å²) in [6, 6.07) is 16.4. The zero-order valence-electron chi connectivity index (χ0n) is 15.5. The van der Waals surface area contributed by atoms with Crippen LogP contribution in [0, 0.1) is 17.3 Å². The van der Waals surface area contributed by atoms with Crippen molar-refractivity contribution >= 4 is 17.6 Å².